The highest BCUT2D eigenvalue weighted by Gasteiger charge is 2.28. The highest BCUT2D eigenvalue weighted by atomic mass is 14.4. The summed E-state index contributed by atoms with van der Waals surface area (Å²) in [4.78, 5) is 0. The molecule has 2 aromatic rings. The molecule has 0 amide bonds. The van der Waals surface area contributed by atoms with Gasteiger partial charge in [-0.15, -0.1) is 0 Å². The standard InChI is InChI=1S/C21H27N/c1-3-19(17-11-7-5-8-12-17)20(4-2)21(15-16-22)18-13-9-6-10-14-18/h5-14,16,19-22H,3-4,15H2,1-2H3. The molecule has 0 aliphatic rings. The Bertz CT molecular complexity index is 547. The molecule has 0 fully saturated rings. The summed E-state index contributed by atoms with van der Waals surface area (Å²) in [7, 11) is 0. The van der Waals surface area contributed by atoms with E-state index < -0.39 is 0 Å². The van der Waals surface area contributed by atoms with Crippen molar-refractivity contribution >= 4 is 6.21 Å². The summed E-state index contributed by atoms with van der Waals surface area (Å²) in [6.45, 7) is 4.57. The van der Waals surface area contributed by atoms with E-state index in [9.17, 15) is 0 Å². The Labute approximate surface area is 134 Å². The predicted octanol–water partition coefficient (Wildman–Crippen LogP) is 6.03. The minimum Gasteiger partial charge on any atom is -0.313 e. The molecule has 0 aliphatic heterocycles. The molecule has 1 N–H and O–H groups in total. The smallest absolute Gasteiger partial charge is 0.00416 e. The van der Waals surface area contributed by atoms with Crippen molar-refractivity contribution in [2.45, 2.75) is 44.9 Å². The molecule has 22 heavy (non-hydrogen) atoms. The summed E-state index contributed by atoms with van der Waals surface area (Å²) >= 11 is 0. The summed E-state index contributed by atoms with van der Waals surface area (Å²) in [6.07, 6.45) is 4.69. The van der Waals surface area contributed by atoms with Crippen LogP contribution in [0.2, 0.25) is 0 Å². The number of hydrogen-bond acceptors (Lipinski definition) is 1. The molecule has 0 saturated carbocycles. The second kappa shape index (κ2) is 8.53. The molecule has 116 valence electrons. The van der Waals surface area contributed by atoms with Gasteiger partial charge in [0.15, 0.2) is 0 Å². The quantitative estimate of drug-likeness (QED) is 0.575. The van der Waals surface area contributed by atoms with Crippen LogP contribution < -0.4 is 0 Å². The minimum absolute atomic E-state index is 0.425. The van der Waals surface area contributed by atoms with Gasteiger partial charge < -0.3 is 5.41 Å². The number of hydrogen-bond donors (Lipinski definition) is 1. The van der Waals surface area contributed by atoms with E-state index in [4.69, 9.17) is 5.41 Å². The normalized spacial score (nSPS) is 15.0. The first-order valence-corrected chi connectivity index (χ1v) is 8.40. The van der Waals surface area contributed by atoms with Gasteiger partial charge in [-0.2, -0.15) is 0 Å². The average Bonchev–Trinajstić information content (AvgIpc) is 2.59. The molecule has 3 atom stereocenters. The van der Waals surface area contributed by atoms with Crippen LogP contribution in [0.15, 0.2) is 60.7 Å². The molecule has 0 saturated heterocycles. The van der Waals surface area contributed by atoms with E-state index in [2.05, 4.69) is 74.5 Å². The highest BCUT2D eigenvalue weighted by molar-refractivity contribution is 5.55. The van der Waals surface area contributed by atoms with Crippen LogP contribution in [0.25, 0.3) is 0 Å². The Morgan fingerprint density at radius 1 is 0.773 bits per heavy atom. The second-order valence-corrected chi connectivity index (χ2v) is 5.95. The number of benzene rings is 2. The third-order valence-corrected chi connectivity index (χ3v) is 4.77. The van der Waals surface area contributed by atoms with Crippen LogP contribution in [0.3, 0.4) is 0 Å². The topological polar surface area (TPSA) is 23.9 Å². The molecule has 0 bridgehead atoms. The zero-order chi connectivity index (χ0) is 15.8. The van der Waals surface area contributed by atoms with Crippen LogP contribution in [-0.2, 0) is 0 Å². The van der Waals surface area contributed by atoms with E-state index >= 15 is 0 Å². The molecule has 2 rings (SSSR count). The van der Waals surface area contributed by atoms with Gasteiger partial charge >= 0.3 is 0 Å². The van der Waals surface area contributed by atoms with Gasteiger partial charge in [-0.1, -0.05) is 80.9 Å². The Hall–Kier alpha value is -1.89. The van der Waals surface area contributed by atoms with Crippen molar-refractivity contribution in [1.82, 2.24) is 0 Å². The van der Waals surface area contributed by atoms with E-state index in [0.717, 1.165) is 19.3 Å². The van der Waals surface area contributed by atoms with Gasteiger partial charge in [0.1, 0.15) is 0 Å². The number of rotatable bonds is 8. The van der Waals surface area contributed by atoms with Crippen molar-refractivity contribution in [1.29, 1.82) is 5.41 Å². The average molecular weight is 293 g/mol. The van der Waals surface area contributed by atoms with Crippen molar-refractivity contribution in [2.75, 3.05) is 0 Å². The predicted molar refractivity (Wildman–Crippen MR) is 95.8 cm³/mol. The molecule has 0 aliphatic carbocycles. The maximum atomic E-state index is 7.63. The van der Waals surface area contributed by atoms with Crippen LogP contribution in [0.5, 0.6) is 0 Å². The minimum atomic E-state index is 0.425. The van der Waals surface area contributed by atoms with Crippen LogP contribution in [0, 0.1) is 11.3 Å². The van der Waals surface area contributed by atoms with Crippen LogP contribution in [0.1, 0.15) is 56.1 Å². The molecule has 1 heteroatoms. The Morgan fingerprint density at radius 2 is 1.27 bits per heavy atom. The Morgan fingerprint density at radius 3 is 1.68 bits per heavy atom. The van der Waals surface area contributed by atoms with Gasteiger partial charge in [-0.25, -0.2) is 0 Å². The van der Waals surface area contributed by atoms with Crippen molar-refractivity contribution in [3.63, 3.8) is 0 Å². The molecule has 0 spiro atoms. The summed E-state index contributed by atoms with van der Waals surface area (Å²) in [6, 6.07) is 21.6. The van der Waals surface area contributed by atoms with E-state index in [0.29, 0.717) is 17.8 Å². The van der Waals surface area contributed by atoms with E-state index in [1.165, 1.54) is 11.1 Å². The lowest BCUT2D eigenvalue weighted by Gasteiger charge is -2.33. The Kier molecular flexibility index (Phi) is 6.39. The molecule has 2 aromatic carbocycles. The van der Waals surface area contributed by atoms with E-state index in [-0.39, 0.29) is 0 Å². The third kappa shape index (κ3) is 3.85. The first-order valence-electron chi connectivity index (χ1n) is 8.40. The van der Waals surface area contributed by atoms with Crippen molar-refractivity contribution in [3.8, 4) is 0 Å². The van der Waals surface area contributed by atoms with Gasteiger partial charge in [0.2, 0.25) is 0 Å². The summed E-state index contributed by atoms with van der Waals surface area (Å²) in [5.41, 5.74) is 2.80. The lowest BCUT2D eigenvalue weighted by Crippen LogP contribution is -2.21. The summed E-state index contributed by atoms with van der Waals surface area (Å²) < 4.78 is 0. The molecule has 1 nitrogen and oxygen atoms in total. The maximum Gasteiger partial charge on any atom is -0.00416 e. The number of nitrogens with one attached hydrogen (secondary N) is 1. The zero-order valence-corrected chi connectivity index (χ0v) is 13.7. The van der Waals surface area contributed by atoms with Crippen LogP contribution in [0.4, 0.5) is 0 Å². The van der Waals surface area contributed by atoms with Crippen molar-refractivity contribution in [2.24, 2.45) is 5.92 Å². The van der Waals surface area contributed by atoms with E-state index in [1.807, 2.05) is 0 Å². The van der Waals surface area contributed by atoms with Crippen molar-refractivity contribution < 1.29 is 0 Å². The van der Waals surface area contributed by atoms with Gasteiger partial charge in [0.05, 0.1) is 0 Å². The second-order valence-electron chi connectivity index (χ2n) is 5.95. The van der Waals surface area contributed by atoms with Crippen LogP contribution in [-0.4, -0.2) is 6.21 Å². The molecule has 0 aromatic heterocycles. The molecular weight excluding hydrogens is 266 g/mol. The first-order chi connectivity index (χ1) is 10.8. The van der Waals surface area contributed by atoms with Gasteiger partial charge in [-0.3, -0.25) is 0 Å². The maximum absolute atomic E-state index is 7.63. The fourth-order valence-corrected chi connectivity index (χ4v) is 3.72. The van der Waals surface area contributed by atoms with Gasteiger partial charge in [-0.05, 0) is 47.9 Å². The van der Waals surface area contributed by atoms with Gasteiger partial charge in [0.25, 0.3) is 0 Å². The lowest BCUT2D eigenvalue weighted by molar-refractivity contribution is 0.336. The molecule has 3 unspecified atom stereocenters. The first kappa shape index (κ1) is 16.5. The van der Waals surface area contributed by atoms with Crippen LogP contribution >= 0.6 is 0 Å². The molecular formula is C21H27N. The molecule has 0 radical (unpaired) electrons. The van der Waals surface area contributed by atoms with E-state index in [1.54, 1.807) is 6.21 Å². The van der Waals surface area contributed by atoms with Crippen molar-refractivity contribution in [3.05, 3.63) is 71.8 Å². The fourth-order valence-electron chi connectivity index (χ4n) is 3.72. The third-order valence-electron chi connectivity index (χ3n) is 4.77. The van der Waals surface area contributed by atoms with Gasteiger partial charge in [0, 0.05) is 0 Å². The monoisotopic (exact) mass is 293 g/mol. The largest absolute Gasteiger partial charge is 0.313 e. The zero-order valence-electron chi connectivity index (χ0n) is 13.7. The molecule has 0 heterocycles. The summed E-state index contributed by atoms with van der Waals surface area (Å²) in [5.74, 6) is 1.54. The SMILES string of the molecule is CCC(c1ccccc1)C(CC)C(CC=N)c1ccccc1. The fraction of sp³-hybridized carbons (Fsp3) is 0.381. The Balaban J connectivity index is 2.35. The lowest BCUT2D eigenvalue weighted by atomic mass is 9.71. The highest BCUT2D eigenvalue weighted by Crippen LogP contribution is 2.41. The summed E-state index contributed by atoms with van der Waals surface area (Å²) in [5, 5.41) is 7.63.